The van der Waals surface area contributed by atoms with Gasteiger partial charge < -0.3 is 16.0 Å². The van der Waals surface area contributed by atoms with Crippen molar-refractivity contribution in [1.29, 1.82) is 0 Å². The molecule has 0 radical (unpaired) electrons. The van der Waals surface area contributed by atoms with Crippen LogP contribution in [0.25, 0.3) is 11.2 Å². The molecule has 0 bridgehead atoms. The van der Waals surface area contributed by atoms with Gasteiger partial charge in [-0.2, -0.15) is 18.2 Å². The zero-order chi connectivity index (χ0) is 18.7. The molecule has 10 heteroatoms. The van der Waals surface area contributed by atoms with Gasteiger partial charge in [-0.15, -0.1) is 0 Å². The van der Waals surface area contributed by atoms with Crippen LogP contribution in [0.5, 0.6) is 0 Å². The van der Waals surface area contributed by atoms with E-state index in [1.54, 1.807) is 0 Å². The van der Waals surface area contributed by atoms with Crippen molar-refractivity contribution in [2.45, 2.75) is 19.1 Å². The number of hydrogen-bond acceptors (Lipinski definition) is 5. The molecule has 4 N–H and O–H groups in total. The van der Waals surface area contributed by atoms with Crippen LogP contribution in [0.4, 0.5) is 19.1 Å². The van der Waals surface area contributed by atoms with E-state index in [2.05, 4.69) is 20.3 Å². The van der Waals surface area contributed by atoms with Gasteiger partial charge in [0.2, 0.25) is 5.95 Å². The number of imidazole rings is 1. The van der Waals surface area contributed by atoms with Crippen LogP contribution in [0.15, 0.2) is 35.3 Å². The van der Waals surface area contributed by atoms with Gasteiger partial charge in [0.1, 0.15) is 5.52 Å². The highest BCUT2D eigenvalue weighted by atomic mass is 19.4. The van der Waals surface area contributed by atoms with Crippen molar-refractivity contribution in [2.24, 2.45) is 5.73 Å². The van der Waals surface area contributed by atoms with E-state index in [0.717, 1.165) is 18.6 Å². The van der Waals surface area contributed by atoms with Crippen molar-refractivity contribution in [1.82, 2.24) is 19.5 Å². The number of halogens is 3. The number of nitrogens with two attached hydrogens (primary N) is 1. The smallest absolute Gasteiger partial charge is 0.354 e. The Kier molecular flexibility index (Phi) is 4.94. The average molecular weight is 366 g/mol. The number of fused-ring (bicyclic) bond motifs is 1. The quantitative estimate of drug-likeness (QED) is 0.579. The summed E-state index contributed by atoms with van der Waals surface area (Å²) in [6.07, 6.45) is -2.26. The molecule has 0 atom stereocenters. The lowest BCUT2D eigenvalue weighted by atomic mass is 10.1. The molecule has 1 aromatic carbocycles. The number of rotatable bonds is 6. The Bertz CT molecular complexity index is 963. The van der Waals surface area contributed by atoms with Gasteiger partial charge in [-0.1, -0.05) is 12.1 Å². The minimum Gasteiger partial charge on any atom is -0.354 e. The van der Waals surface area contributed by atoms with Crippen molar-refractivity contribution < 1.29 is 13.2 Å². The largest absolute Gasteiger partial charge is 0.416 e. The third-order valence-electron chi connectivity index (χ3n) is 3.77. The molecular formula is C16H17F3N6O. The number of nitrogens with zero attached hydrogens (tertiary/aromatic N) is 3. The fraction of sp³-hybridized carbons (Fsp3) is 0.312. The summed E-state index contributed by atoms with van der Waals surface area (Å²) in [6.45, 7) is 1.05. The van der Waals surface area contributed by atoms with E-state index in [1.807, 2.05) is 0 Å². The van der Waals surface area contributed by atoms with Crippen LogP contribution >= 0.6 is 0 Å². The molecule has 2 aromatic heterocycles. The van der Waals surface area contributed by atoms with Gasteiger partial charge in [0.25, 0.3) is 0 Å². The summed E-state index contributed by atoms with van der Waals surface area (Å²) in [5.41, 5.74) is 5.27. The Balaban J connectivity index is 1.93. The first-order valence-corrected chi connectivity index (χ1v) is 7.94. The molecule has 0 aliphatic carbocycles. The molecule has 2 heterocycles. The monoisotopic (exact) mass is 366 g/mol. The highest BCUT2D eigenvalue weighted by molar-refractivity contribution is 5.71. The predicted molar refractivity (Wildman–Crippen MR) is 90.9 cm³/mol. The third-order valence-corrected chi connectivity index (χ3v) is 3.77. The fourth-order valence-electron chi connectivity index (χ4n) is 2.51. The summed E-state index contributed by atoms with van der Waals surface area (Å²) in [5, 5.41) is 2.99. The number of anilines is 1. The average Bonchev–Trinajstić information content (AvgIpc) is 2.90. The third kappa shape index (κ3) is 3.85. The topological polar surface area (TPSA) is 102 Å². The molecule has 0 saturated carbocycles. The second-order valence-electron chi connectivity index (χ2n) is 5.71. The number of benzene rings is 1. The standard InChI is InChI=1S/C16H17F3N6O/c17-16(18,19)11-4-1-3-10(7-11)9-25-13-12(23-15(25)26)8-22-14(24-13)21-6-2-5-20/h1,3-4,7-8H,2,5-6,9,20H2,(H,23,26)(H,21,22,24). The highest BCUT2D eigenvalue weighted by Crippen LogP contribution is 2.29. The molecule has 0 unspecified atom stereocenters. The molecule has 0 aliphatic heterocycles. The SMILES string of the molecule is NCCCNc1ncc2[nH]c(=O)n(Cc3cccc(C(F)(F)F)c3)c2n1. The summed E-state index contributed by atoms with van der Waals surface area (Å²) in [6, 6.07) is 4.85. The molecule has 0 spiro atoms. The van der Waals surface area contributed by atoms with Crippen molar-refractivity contribution in [3.63, 3.8) is 0 Å². The van der Waals surface area contributed by atoms with Gasteiger partial charge in [-0.3, -0.25) is 4.57 Å². The molecule has 7 nitrogen and oxygen atoms in total. The second-order valence-corrected chi connectivity index (χ2v) is 5.71. The summed E-state index contributed by atoms with van der Waals surface area (Å²) >= 11 is 0. The molecule has 3 rings (SSSR count). The van der Waals surface area contributed by atoms with Gasteiger partial charge >= 0.3 is 11.9 Å². The van der Waals surface area contributed by atoms with E-state index in [0.29, 0.717) is 35.8 Å². The van der Waals surface area contributed by atoms with E-state index in [1.165, 1.54) is 22.9 Å². The van der Waals surface area contributed by atoms with Crippen LogP contribution in [-0.2, 0) is 12.7 Å². The van der Waals surface area contributed by atoms with E-state index < -0.39 is 17.4 Å². The summed E-state index contributed by atoms with van der Waals surface area (Å²) < 4.78 is 39.9. The van der Waals surface area contributed by atoms with Crippen LogP contribution < -0.4 is 16.7 Å². The second kappa shape index (κ2) is 7.16. The van der Waals surface area contributed by atoms with E-state index in [9.17, 15) is 18.0 Å². The number of aromatic nitrogens is 4. The van der Waals surface area contributed by atoms with Gasteiger partial charge in [0.15, 0.2) is 5.65 Å². The summed E-state index contributed by atoms with van der Waals surface area (Å²) in [7, 11) is 0. The lowest BCUT2D eigenvalue weighted by Crippen LogP contribution is -2.18. The molecular weight excluding hydrogens is 349 g/mol. The Morgan fingerprint density at radius 2 is 2.12 bits per heavy atom. The van der Waals surface area contributed by atoms with Gasteiger partial charge in [0.05, 0.1) is 18.3 Å². The maximum Gasteiger partial charge on any atom is 0.416 e. The zero-order valence-electron chi connectivity index (χ0n) is 13.7. The van der Waals surface area contributed by atoms with Crippen LogP contribution in [0.2, 0.25) is 0 Å². The molecule has 26 heavy (non-hydrogen) atoms. The first kappa shape index (κ1) is 17.9. The predicted octanol–water partition coefficient (Wildman–Crippen LogP) is 1.95. The number of aromatic amines is 1. The summed E-state index contributed by atoms with van der Waals surface area (Å²) in [4.78, 5) is 23.1. The van der Waals surface area contributed by atoms with Crippen molar-refractivity contribution in [3.8, 4) is 0 Å². The van der Waals surface area contributed by atoms with Gasteiger partial charge in [0, 0.05) is 6.54 Å². The number of alkyl halides is 3. The van der Waals surface area contributed by atoms with Crippen LogP contribution in [0.3, 0.4) is 0 Å². The molecule has 0 aliphatic rings. The number of nitrogens with one attached hydrogen (secondary N) is 2. The van der Waals surface area contributed by atoms with Gasteiger partial charge in [-0.05, 0) is 30.7 Å². The first-order chi connectivity index (χ1) is 12.4. The van der Waals surface area contributed by atoms with Crippen LogP contribution in [-0.4, -0.2) is 32.6 Å². The van der Waals surface area contributed by atoms with Crippen LogP contribution in [0, 0.1) is 0 Å². The van der Waals surface area contributed by atoms with Crippen molar-refractivity contribution >= 4 is 17.1 Å². The molecule has 138 valence electrons. The lowest BCUT2D eigenvalue weighted by molar-refractivity contribution is -0.137. The molecule has 0 amide bonds. The number of hydrogen-bond donors (Lipinski definition) is 3. The number of H-pyrrole nitrogens is 1. The molecule has 0 saturated heterocycles. The van der Waals surface area contributed by atoms with Crippen molar-refractivity contribution in [3.05, 3.63) is 52.1 Å². The van der Waals surface area contributed by atoms with Gasteiger partial charge in [-0.25, -0.2) is 9.78 Å². The minimum atomic E-state index is -4.44. The maximum absolute atomic E-state index is 12.9. The Morgan fingerprint density at radius 1 is 1.31 bits per heavy atom. The van der Waals surface area contributed by atoms with E-state index >= 15 is 0 Å². The van der Waals surface area contributed by atoms with E-state index in [4.69, 9.17) is 5.73 Å². The maximum atomic E-state index is 12.9. The summed E-state index contributed by atoms with van der Waals surface area (Å²) in [5.74, 6) is 0.322. The van der Waals surface area contributed by atoms with Crippen molar-refractivity contribution in [2.75, 3.05) is 18.4 Å². The molecule has 3 aromatic rings. The highest BCUT2D eigenvalue weighted by Gasteiger charge is 2.30. The Hall–Kier alpha value is -2.88. The zero-order valence-corrected chi connectivity index (χ0v) is 13.7. The lowest BCUT2D eigenvalue weighted by Gasteiger charge is -2.09. The fourth-order valence-corrected chi connectivity index (χ4v) is 2.51. The molecule has 0 fully saturated rings. The first-order valence-electron chi connectivity index (χ1n) is 7.94. The minimum absolute atomic E-state index is 0.0397. The Labute approximate surface area is 146 Å². The normalized spacial score (nSPS) is 11.8. The Morgan fingerprint density at radius 3 is 2.85 bits per heavy atom. The van der Waals surface area contributed by atoms with E-state index in [-0.39, 0.29) is 6.54 Å². The van der Waals surface area contributed by atoms with Crippen LogP contribution in [0.1, 0.15) is 17.5 Å².